The van der Waals surface area contributed by atoms with Gasteiger partial charge in [-0.1, -0.05) is 6.90 Å². The van der Waals surface area contributed by atoms with Crippen molar-refractivity contribution in [2.45, 2.75) is 13.3 Å². The standard InChI is InChI=1S/C5H7NO2/c1-3-2-4(7)6-5(3)8/h3H,2H2,1H3,(H,6,7,8)/i1D. The average Bonchev–Trinajstić information content (AvgIpc) is 2.10. The first-order valence-electron chi connectivity index (χ1n) is 3.07. The lowest BCUT2D eigenvalue weighted by molar-refractivity contribution is -0.125. The van der Waals surface area contributed by atoms with E-state index in [-0.39, 0.29) is 25.1 Å². The summed E-state index contributed by atoms with van der Waals surface area (Å²) in [6.45, 7) is 0.0115. The van der Waals surface area contributed by atoms with Crippen molar-refractivity contribution in [2.24, 2.45) is 5.92 Å². The summed E-state index contributed by atoms with van der Waals surface area (Å²) in [5.74, 6) is -0.940. The Morgan fingerprint density at radius 2 is 2.62 bits per heavy atom. The molecule has 1 rings (SSSR count). The summed E-state index contributed by atoms with van der Waals surface area (Å²) in [6, 6.07) is 0. The molecular formula is C5H7NO2. The Hall–Kier alpha value is -0.860. The minimum atomic E-state index is -0.391. The zero-order valence-corrected chi connectivity index (χ0v) is 4.31. The van der Waals surface area contributed by atoms with E-state index in [2.05, 4.69) is 5.32 Å². The van der Waals surface area contributed by atoms with Crippen LogP contribution in [0.5, 0.6) is 0 Å². The molecule has 0 saturated carbocycles. The van der Waals surface area contributed by atoms with E-state index in [4.69, 9.17) is 1.37 Å². The zero-order chi connectivity index (χ0) is 6.85. The molecule has 1 aliphatic rings. The number of amides is 2. The van der Waals surface area contributed by atoms with E-state index in [1.807, 2.05) is 0 Å². The van der Waals surface area contributed by atoms with Crippen LogP contribution < -0.4 is 5.32 Å². The van der Waals surface area contributed by atoms with Gasteiger partial charge in [0.05, 0.1) is 0 Å². The molecule has 1 atom stereocenters. The highest BCUT2D eigenvalue weighted by molar-refractivity contribution is 6.03. The molecule has 0 aliphatic carbocycles. The van der Waals surface area contributed by atoms with Gasteiger partial charge in [0, 0.05) is 13.7 Å². The van der Waals surface area contributed by atoms with E-state index in [0.29, 0.717) is 0 Å². The molecule has 1 saturated heterocycles. The molecule has 0 aromatic carbocycles. The summed E-state index contributed by atoms with van der Waals surface area (Å²) >= 11 is 0. The van der Waals surface area contributed by atoms with Gasteiger partial charge in [-0.2, -0.15) is 0 Å². The Bertz CT molecular complexity index is 157. The third-order valence-electron chi connectivity index (χ3n) is 1.07. The van der Waals surface area contributed by atoms with Gasteiger partial charge in [0.25, 0.3) is 0 Å². The lowest BCUT2D eigenvalue weighted by Crippen LogP contribution is -2.20. The molecule has 0 bridgehead atoms. The van der Waals surface area contributed by atoms with Crippen LogP contribution in [0.15, 0.2) is 0 Å². The van der Waals surface area contributed by atoms with Gasteiger partial charge in [-0.05, 0) is 0 Å². The zero-order valence-electron chi connectivity index (χ0n) is 5.31. The molecule has 1 unspecified atom stereocenters. The topological polar surface area (TPSA) is 46.2 Å². The fraction of sp³-hybridized carbons (Fsp3) is 0.600. The van der Waals surface area contributed by atoms with Gasteiger partial charge in [-0.25, -0.2) is 0 Å². The van der Waals surface area contributed by atoms with E-state index < -0.39 is 5.92 Å². The number of rotatable bonds is 0. The summed E-state index contributed by atoms with van der Waals surface area (Å²) in [5.41, 5.74) is 0. The van der Waals surface area contributed by atoms with Gasteiger partial charge in [-0.15, -0.1) is 0 Å². The molecule has 0 spiro atoms. The van der Waals surface area contributed by atoms with Crippen molar-refractivity contribution >= 4 is 11.8 Å². The number of hydrogen-bond acceptors (Lipinski definition) is 2. The van der Waals surface area contributed by atoms with E-state index >= 15 is 0 Å². The third-order valence-corrected chi connectivity index (χ3v) is 1.07. The van der Waals surface area contributed by atoms with Gasteiger partial charge in [-0.3, -0.25) is 14.9 Å². The van der Waals surface area contributed by atoms with E-state index in [0.717, 1.165) is 0 Å². The molecule has 1 fully saturated rings. The fourth-order valence-electron chi connectivity index (χ4n) is 0.607. The Morgan fingerprint density at radius 1 is 1.88 bits per heavy atom. The predicted octanol–water partition coefficient (Wildman–Crippen LogP) is -0.331. The smallest absolute Gasteiger partial charge is 0.229 e. The molecule has 44 valence electrons. The van der Waals surface area contributed by atoms with Crippen molar-refractivity contribution in [2.75, 3.05) is 0 Å². The number of carbonyl (C=O) groups excluding carboxylic acids is 2. The molecule has 2 amide bonds. The molecule has 0 radical (unpaired) electrons. The summed E-state index contributed by atoms with van der Waals surface area (Å²) < 4.78 is 6.81. The fourth-order valence-corrected chi connectivity index (χ4v) is 0.607. The Morgan fingerprint density at radius 3 is 2.88 bits per heavy atom. The lowest BCUT2D eigenvalue weighted by atomic mass is 10.1. The van der Waals surface area contributed by atoms with Gasteiger partial charge < -0.3 is 0 Å². The Balaban J connectivity index is 2.58. The second kappa shape index (κ2) is 1.58. The normalized spacial score (nSPS) is 30.0. The van der Waals surface area contributed by atoms with Gasteiger partial charge in [0.15, 0.2) is 0 Å². The van der Waals surface area contributed by atoms with Crippen molar-refractivity contribution in [3.8, 4) is 0 Å². The van der Waals surface area contributed by atoms with Crippen LogP contribution in [-0.2, 0) is 9.59 Å². The van der Waals surface area contributed by atoms with Crippen LogP contribution in [0.2, 0.25) is 0 Å². The second-order valence-corrected chi connectivity index (χ2v) is 1.81. The van der Waals surface area contributed by atoms with Crippen LogP contribution >= 0.6 is 0 Å². The highest BCUT2D eigenvalue weighted by Crippen LogP contribution is 2.07. The van der Waals surface area contributed by atoms with E-state index in [1.165, 1.54) is 0 Å². The first-order chi connectivity index (χ1) is 4.24. The Labute approximate surface area is 48.5 Å². The van der Waals surface area contributed by atoms with E-state index in [1.54, 1.807) is 0 Å². The van der Waals surface area contributed by atoms with Crippen LogP contribution in [0, 0.1) is 5.92 Å². The number of imide groups is 1. The summed E-state index contributed by atoms with van der Waals surface area (Å²) in [5, 5.41) is 2.12. The van der Waals surface area contributed by atoms with Crippen LogP contribution in [0.4, 0.5) is 0 Å². The molecule has 1 heterocycles. The molecule has 3 nitrogen and oxygen atoms in total. The molecular weight excluding hydrogens is 106 g/mol. The minimum Gasteiger partial charge on any atom is -0.296 e. The van der Waals surface area contributed by atoms with Gasteiger partial charge in [0.1, 0.15) is 0 Å². The molecule has 8 heavy (non-hydrogen) atoms. The summed E-state index contributed by atoms with van der Waals surface area (Å²) in [6.07, 6.45) is 0.197. The van der Waals surface area contributed by atoms with Crippen LogP contribution in [-0.4, -0.2) is 11.8 Å². The lowest BCUT2D eigenvalue weighted by Gasteiger charge is -1.88. The predicted molar refractivity (Wildman–Crippen MR) is 26.9 cm³/mol. The largest absolute Gasteiger partial charge is 0.296 e. The highest BCUT2D eigenvalue weighted by Gasteiger charge is 2.25. The van der Waals surface area contributed by atoms with Crippen molar-refractivity contribution in [3.05, 3.63) is 0 Å². The maximum atomic E-state index is 10.6. The highest BCUT2D eigenvalue weighted by atomic mass is 16.2. The number of hydrogen-bond donors (Lipinski definition) is 1. The van der Waals surface area contributed by atoms with Crippen molar-refractivity contribution in [1.82, 2.24) is 5.32 Å². The quantitative estimate of drug-likeness (QED) is 0.438. The first-order valence-corrected chi connectivity index (χ1v) is 2.37. The minimum absolute atomic E-state index is 0.0115. The van der Waals surface area contributed by atoms with Gasteiger partial charge in [0.2, 0.25) is 11.8 Å². The van der Waals surface area contributed by atoms with Gasteiger partial charge >= 0.3 is 0 Å². The van der Waals surface area contributed by atoms with Crippen molar-refractivity contribution in [1.29, 1.82) is 0 Å². The number of carbonyl (C=O) groups is 2. The second-order valence-electron chi connectivity index (χ2n) is 1.81. The summed E-state index contributed by atoms with van der Waals surface area (Å²) in [4.78, 5) is 21.0. The maximum Gasteiger partial charge on any atom is 0.229 e. The SMILES string of the molecule is [2H]CC1CC(=O)NC1=O. The molecule has 0 aromatic rings. The van der Waals surface area contributed by atoms with Crippen molar-refractivity contribution < 1.29 is 11.0 Å². The molecule has 1 N–H and O–H groups in total. The maximum absolute atomic E-state index is 10.6. The van der Waals surface area contributed by atoms with Crippen LogP contribution in [0.3, 0.4) is 0 Å². The summed E-state index contributed by atoms with van der Waals surface area (Å²) in [7, 11) is 0. The van der Waals surface area contributed by atoms with E-state index in [9.17, 15) is 9.59 Å². The molecule has 0 aromatic heterocycles. The van der Waals surface area contributed by atoms with Crippen LogP contribution in [0.1, 0.15) is 14.7 Å². The monoisotopic (exact) mass is 114 g/mol. The number of nitrogens with one attached hydrogen (secondary N) is 1. The Kier molecular flexibility index (Phi) is 0.801. The van der Waals surface area contributed by atoms with Crippen molar-refractivity contribution in [3.63, 3.8) is 0 Å². The molecule has 3 heteroatoms. The molecule has 1 aliphatic heterocycles. The van der Waals surface area contributed by atoms with Crippen LogP contribution in [0.25, 0.3) is 0 Å². The average molecular weight is 114 g/mol. The third kappa shape index (κ3) is 0.710. The first kappa shape index (κ1) is 4.06.